The lowest BCUT2D eigenvalue weighted by molar-refractivity contribution is 0.300. The van der Waals surface area contributed by atoms with Gasteiger partial charge in [0.15, 0.2) is 0 Å². The molecule has 1 atom stereocenters. The van der Waals surface area contributed by atoms with Gasteiger partial charge in [0.1, 0.15) is 0 Å². The highest BCUT2D eigenvalue weighted by atomic mass is 15.2. The van der Waals surface area contributed by atoms with Crippen LogP contribution in [0.25, 0.3) is 10.4 Å². The molecule has 5 nitrogen and oxygen atoms in total. The molecule has 0 aliphatic rings. The molecule has 0 aromatic rings. The summed E-state index contributed by atoms with van der Waals surface area (Å²) in [5.41, 5.74) is 9.02. The van der Waals surface area contributed by atoms with Crippen LogP contribution in [-0.2, 0) is 0 Å². The molecule has 90 valence electrons. The lowest BCUT2D eigenvalue weighted by Crippen LogP contribution is -2.47. The van der Waals surface area contributed by atoms with Gasteiger partial charge in [0.25, 0.3) is 0 Å². The van der Waals surface area contributed by atoms with Crippen LogP contribution in [0, 0.1) is 11.3 Å². The fourth-order valence-electron chi connectivity index (χ4n) is 1.08. The highest BCUT2D eigenvalue weighted by Crippen LogP contribution is 2.17. The maximum absolute atomic E-state index is 8.36. The minimum Gasteiger partial charge on any atom is -0.385 e. The summed E-state index contributed by atoms with van der Waals surface area (Å²) in [6, 6.07) is 0. The van der Waals surface area contributed by atoms with Gasteiger partial charge in [-0.2, -0.15) is 0 Å². The summed E-state index contributed by atoms with van der Waals surface area (Å²) in [5.74, 6) is 0.332. The average Bonchev–Trinajstić information content (AvgIpc) is 2.27. The zero-order valence-electron chi connectivity index (χ0n) is 10.5. The van der Waals surface area contributed by atoms with Crippen LogP contribution >= 0.6 is 0 Å². The minimum atomic E-state index is -0.268. The molecule has 0 heterocycles. The van der Waals surface area contributed by atoms with Crippen LogP contribution in [0.1, 0.15) is 34.1 Å². The van der Waals surface area contributed by atoms with Crippen LogP contribution in [0.2, 0.25) is 0 Å². The van der Waals surface area contributed by atoms with E-state index in [0.29, 0.717) is 12.5 Å². The lowest BCUT2D eigenvalue weighted by atomic mass is 9.88. The second-order valence-corrected chi connectivity index (χ2v) is 4.32. The number of rotatable bonds is 7. The highest BCUT2D eigenvalue weighted by Gasteiger charge is 2.25. The van der Waals surface area contributed by atoms with E-state index in [1.165, 1.54) is 6.21 Å². The van der Waals surface area contributed by atoms with Crippen molar-refractivity contribution in [2.75, 3.05) is 6.54 Å². The standard InChI is InChI=1S/C11H21N5/c1-5-10(6-12)7-14-11(4,9(2)3)8-15-16-13/h6-7,9,12,14H,5,8H2,1-4H3/b10-7-,12-6?. The fraction of sp³-hybridized carbons (Fsp3) is 0.727. The Morgan fingerprint density at radius 2 is 2.25 bits per heavy atom. The molecule has 0 radical (unpaired) electrons. The van der Waals surface area contributed by atoms with E-state index in [9.17, 15) is 0 Å². The first-order chi connectivity index (χ1) is 7.50. The Hall–Kier alpha value is -1.48. The Morgan fingerprint density at radius 1 is 1.62 bits per heavy atom. The van der Waals surface area contributed by atoms with Gasteiger partial charge in [0.05, 0.1) is 0 Å². The molecule has 0 fully saturated rings. The first kappa shape index (κ1) is 14.5. The van der Waals surface area contributed by atoms with Gasteiger partial charge < -0.3 is 10.7 Å². The van der Waals surface area contributed by atoms with E-state index >= 15 is 0 Å². The molecule has 0 aliphatic heterocycles. The summed E-state index contributed by atoms with van der Waals surface area (Å²) in [5, 5.41) is 14.1. The second kappa shape index (κ2) is 6.90. The lowest BCUT2D eigenvalue weighted by Gasteiger charge is -2.33. The van der Waals surface area contributed by atoms with Crippen molar-refractivity contribution < 1.29 is 0 Å². The monoisotopic (exact) mass is 223 g/mol. The molecule has 16 heavy (non-hydrogen) atoms. The molecule has 0 bridgehead atoms. The van der Waals surface area contributed by atoms with Gasteiger partial charge in [-0.1, -0.05) is 25.9 Å². The topological polar surface area (TPSA) is 84.6 Å². The second-order valence-electron chi connectivity index (χ2n) is 4.32. The van der Waals surface area contributed by atoms with Crippen molar-refractivity contribution in [1.29, 1.82) is 5.41 Å². The van der Waals surface area contributed by atoms with Gasteiger partial charge in [-0.3, -0.25) is 0 Å². The molecule has 0 spiro atoms. The summed E-state index contributed by atoms with van der Waals surface area (Å²) >= 11 is 0. The van der Waals surface area contributed by atoms with Crippen LogP contribution in [0.4, 0.5) is 0 Å². The molecule has 0 aliphatic carbocycles. The Balaban J connectivity index is 4.73. The van der Waals surface area contributed by atoms with E-state index in [4.69, 9.17) is 10.9 Å². The maximum Gasteiger partial charge on any atom is 0.0488 e. The van der Waals surface area contributed by atoms with Crippen molar-refractivity contribution in [3.05, 3.63) is 22.2 Å². The number of azide groups is 1. The quantitative estimate of drug-likeness (QED) is 0.295. The van der Waals surface area contributed by atoms with Gasteiger partial charge in [-0.15, -0.1) is 0 Å². The molecule has 0 amide bonds. The van der Waals surface area contributed by atoms with E-state index in [0.717, 1.165) is 12.0 Å². The van der Waals surface area contributed by atoms with Crippen LogP contribution in [-0.4, -0.2) is 18.3 Å². The maximum atomic E-state index is 8.36. The molecular formula is C11H21N5. The number of nitrogens with zero attached hydrogens (tertiary/aromatic N) is 3. The molecule has 2 N–H and O–H groups in total. The van der Waals surface area contributed by atoms with Gasteiger partial charge in [-0.25, -0.2) is 0 Å². The highest BCUT2D eigenvalue weighted by molar-refractivity contribution is 5.75. The first-order valence-electron chi connectivity index (χ1n) is 5.48. The minimum absolute atomic E-state index is 0.268. The van der Waals surface area contributed by atoms with Crippen molar-refractivity contribution >= 4 is 6.21 Å². The van der Waals surface area contributed by atoms with Crippen LogP contribution in [0.15, 0.2) is 16.9 Å². The third kappa shape index (κ3) is 4.36. The molecule has 0 aromatic carbocycles. The fourth-order valence-corrected chi connectivity index (χ4v) is 1.08. The van der Waals surface area contributed by atoms with Crippen LogP contribution < -0.4 is 5.32 Å². The molecule has 0 rings (SSSR count). The number of hydrogen-bond donors (Lipinski definition) is 2. The third-order valence-electron chi connectivity index (χ3n) is 2.92. The summed E-state index contributed by atoms with van der Waals surface area (Å²) in [6.45, 7) is 8.55. The predicted octanol–water partition coefficient (Wildman–Crippen LogP) is 3.24. The number of allylic oxidation sites excluding steroid dienone is 1. The van der Waals surface area contributed by atoms with E-state index in [1.54, 1.807) is 0 Å². The van der Waals surface area contributed by atoms with E-state index < -0.39 is 0 Å². The number of nitrogens with one attached hydrogen (secondary N) is 2. The van der Waals surface area contributed by atoms with Crippen molar-refractivity contribution in [2.24, 2.45) is 11.0 Å². The average molecular weight is 223 g/mol. The zero-order valence-corrected chi connectivity index (χ0v) is 10.5. The summed E-state index contributed by atoms with van der Waals surface area (Å²) in [4.78, 5) is 2.79. The van der Waals surface area contributed by atoms with E-state index in [1.807, 2.05) is 20.0 Å². The Bertz CT molecular complexity index is 301. The smallest absolute Gasteiger partial charge is 0.0488 e. The normalized spacial score (nSPS) is 15.2. The van der Waals surface area contributed by atoms with Crippen molar-refractivity contribution in [3.63, 3.8) is 0 Å². The molecule has 5 heteroatoms. The predicted molar refractivity (Wildman–Crippen MR) is 67.5 cm³/mol. The van der Waals surface area contributed by atoms with E-state index in [2.05, 4.69) is 29.2 Å². The van der Waals surface area contributed by atoms with Crippen molar-refractivity contribution in [1.82, 2.24) is 5.32 Å². The van der Waals surface area contributed by atoms with Crippen LogP contribution in [0.5, 0.6) is 0 Å². The molecule has 1 unspecified atom stereocenters. The number of hydrogen-bond acceptors (Lipinski definition) is 3. The van der Waals surface area contributed by atoms with Gasteiger partial charge in [-0.05, 0) is 30.4 Å². The van der Waals surface area contributed by atoms with Gasteiger partial charge in [0, 0.05) is 29.4 Å². The Morgan fingerprint density at radius 3 is 2.62 bits per heavy atom. The molecule has 0 aromatic heterocycles. The largest absolute Gasteiger partial charge is 0.385 e. The van der Waals surface area contributed by atoms with Crippen molar-refractivity contribution in [2.45, 2.75) is 39.7 Å². The molecular weight excluding hydrogens is 202 g/mol. The first-order valence-corrected chi connectivity index (χ1v) is 5.48. The molecule has 0 saturated heterocycles. The van der Waals surface area contributed by atoms with E-state index in [-0.39, 0.29) is 5.54 Å². The summed E-state index contributed by atoms with van der Waals surface area (Å²) < 4.78 is 0. The Kier molecular flexibility index (Phi) is 6.27. The SMILES string of the molecule is CC/C(C=N)=C/NC(C)(CN=[N+]=[N-])C(C)C. The molecule has 0 saturated carbocycles. The Labute approximate surface area is 97.1 Å². The van der Waals surface area contributed by atoms with Gasteiger partial charge in [0.2, 0.25) is 0 Å². The third-order valence-corrected chi connectivity index (χ3v) is 2.92. The summed E-state index contributed by atoms with van der Waals surface area (Å²) in [7, 11) is 0. The van der Waals surface area contributed by atoms with Crippen LogP contribution in [0.3, 0.4) is 0 Å². The van der Waals surface area contributed by atoms with Gasteiger partial charge >= 0.3 is 0 Å². The van der Waals surface area contributed by atoms with Crippen molar-refractivity contribution in [3.8, 4) is 0 Å². The summed E-state index contributed by atoms with van der Waals surface area (Å²) in [6.07, 6.45) is 3.98. The zero-order chi connectivity index (χ0) is 12.6.